The lowest BCUT2D eigenvalue weighted by molar-refractivity contribution is 0.0403. The number of ether oxygens (including phenoxy) is 1. The Balaban J connectivity index is 1.39. The SMILES string of the molecule is COC(=O)c1cc(CNC(=O)N2CCC3(CC(=O)c4ccccc4N3)CC2F)ccc1F. The van der Waals surface area contributed by atoms with E-state index >= 15 is 4.39 Å². The van der Waals surface area contributed by atoms with Crippen LogP contribution in [-0.2, 0) is 11.3 Å². The standard InChI is InChI=1S/C23H23F2N3O4/c1-32-21(30)16-10-14(6-7-17(16)24)13-26-22(31)28-9-8-23(12-20(28)25)11-19(29)15-4-2-3-5-18(15)27-23/h2-7,10,20,27H,8-9,11-13H2,1H3,(H,26,31). The maximum Gasteiger partial charge on any atom is 0.340 e. The molecule has 168 valence electrons. The van der Waals surface area contributed by atoms with Gasteiger partial charge in [-0.25, -0.2) is 18.4 Å². The molecule has 2 aromatic rings. The van der Waals surface area contributed by atoms with Crippen molar-refractivity contribution in [2.75, 3.05) is 19.0 Å². The minimum Gasteiger partial charge on any atom is -0.465 e. The lowest BCUT2D eigenvalue weighted by Crippen LogP contribution is -2.58. The summed E-state index contributed by atoms with van der Waals surface area (Å²) in [7, 11) is 1.15. The van der Waals surface area contributed by atoms with Gasteiger partial charge >= 0.3 is 12.0 Å². The second-order valence-corrected chi connectivity index (χ2v) is 8.10. The second-order valence-electron chi connectivity index (χ2n) is 8.10. The van der Waals surface area contributed by atoms with Gasteiger partial charge in [0.2, 0.25) is 0 Å². The Hall–Kier alpha value is -3.49. The lowest BCUT2D eigenvalue weighted by atomic mass is 9.78. The van der Waals surface area contributed by atoms with Gasteiger partial charge in [-0.2, -0.15) is 0 Å². The van der Waals surface area contributed by atoms with E-state index in [2.05, 4.69) is 15.4 Å². The van der Waals surface area contributed by atoms with Crippen LogP contribution in [0.25, 0.3) is 0 Å². The van der Waals surface area contributed by atoms with E-state index < -0.39 is 29.7 Å². The zero-order chi connectivity index (χ0) is 22.9. The summed E-state index contributed by atoms with van der Waals surface area (Å²) >= 11 is 0. The number of amides is 2. The fourth-order valence-corrected chi connectivity index (χ4v) is 4.31. The van der Waals surface area contributed by atoms with Crippen LogP contribution in [-0.4, -0.2) is 48.2 Å². The van der Waals surface area contributed by atoms with Crippen LogP contribution >= 0.6 is 0 Å². The zero-order valence-corrected chi connectivity index (χ0v) is 17.5. The van der Waals surface area contributed by atoms with E-state index in [0.29, 0.717) is 23.2 Å². The normalized spacial score (nSPS) is 22.2. The molecule has 4 rings (SSSR count). The number of benzene rings is 2. The highest BCUT2D eigenvalue weighted by molar-refractivity contribution is 6.04. The summed E-state index contributed by atoms with van der Waals surface area (Å²) in [5.41, 5.74) is 0.788. The van der Waals surface area contributed by atoms with E-state index in [1.54, 1.807) is 18.2 Å². The van der Waals surface area contributed by atoms with E-state index in [4.69, 9.17) is 0 Å². The largest absolute Gasteiger partial charge is 0.465 e. The minimum absolute atomic E-state index is 0.0104. The Kier molecular flexibility index (Phi) is 5.82. The molecule has 0 bridgehead atoms. The first-order valence-corrected chi connectivity index (χ1v) is 10.3. The third kappa shape index (κ3) is 4.15. The van der Waals surface area contributed by atoms with Gasteiger partial charge < -0.3 is 15.4 Å². The Bertz CT molecular complexity index is 1080. The van der Waals surface area contributed by atoms with Gasteiger partial charge in [0.15, 0.2) is 12.1 Å². The van der Waals surface area contributed by atoms with Crippen molar-refractivity contribution >= 4 is 23.5 Å². The van der Waals surface area contributed by atoms with Crippen molar-refractivity contribution < 1.29 is 27.9 Å². The molecular formula is C23H23F2N3O4. The van der Waals surface area contributed by atoms with Gasteiger partial charge in [-0.3, -0.25) is 9.69 Å². The number of hydrogen-bond donors (Lipinski definition) is 2. The highest BCUT2D eigenvalue weighted by Gasteiger charge is 2.45. The van der Waals surface area contributed by atoms with Gasteiger partial charge in [-0.05, 0) is 36.2 Å². The van der Waals surface area contributed by atoms with Crippen molar-refractivity contribution in [1.82, 2.24) is 10.2 Å². The number of anilines is 1. The van der Waals surface area contributed by atoms with Crippen molar-refractivity contribution in [1.29, 1.82) is 0 Å². The Morgan fingerprint density at radius 3 is 2.81 bits per heavy atom. The van der Waals surface area contributed by atoms with Gasteiger partial charge in [-0.1, -0.05) is 18.2 Å². The number of Topliss-reactive ketones (excluding diaryl/α,β-unsaturated/α-hetero) is 1. The number of fused-ring (bicyclic) bond motifs is 1. The third-order valence-corrected chi connectivity index (χ3v) is 6.00. The fraction of sp³-hybridized carbons (Fsp3) is 0.348. The number of methoxy groups -OCH3 is 1. The molecule has 2 atom stereocenters. The Morgan fingerprint density at radius 1 is 1.28 bits per heavy atom. The van der Waals surface area contributed by atoms with Crippen LogP contribution in [0.15, 0.2) is 42.5 Å². The first kappa shape index (κ1) is 21.7. The quantitative estimate of drug-likeness (QED) is 0.559. The molecule has 0 aromatic heterocycles. The third-order valence-electron chi connectivity index (χ3n) is 6.00. The Labute approximate surface area is 183 Å². The van der Waals surface area contributed by atoms with Crippen LogP contribution < -0.4 is 10.6 Å². The molecule has 2 aliphatic rings. The molecule has 2 aliphatic heterocycles. The number of esters is 1. The van der Waals surface area contributed by atoms with Crippen LogP contribution in [0.1, 0.15) is 45.5 Å². The van der Waals surface area contributed by atoms with E-state index in [1.807, 2.05) is 6.07 Å². The molecule has 9 heteroatoms. The lowest BCUT2D eigenvalue weighted by Gasteiger charge is -2.46. The highest BCUT2D eigenvalue weighted by Crippen LogP contribution is 2.39. The number of halogens is 2. The van der Waals surface area contributed by atoms with Gasteiger partial charge in [-0.15, -0.1) is 0 Å². The summed E-state index contributed by atoms with van der Waals surface area (Å²) in [6.07, 6.45) is -0.993. The Morgan fingerprint density at radius 2 is 2.06 bits per heavy atom. The number of ketones is 1. The maximum absolute atomic E-state index is 15.0. The van der Waals surface area contributed by atoms with Crippen LogP contribution in [0.5, 0.6) is 0 Å². The molecule has 7 nitrogen and oxygen atoms in total. The summed E-state index contributed by atoms with van der Waals surface area (Å²) in [6.45, 7) is 0.119. The number of urea groups is 1. The van der Waals surface area contributed by atoms with Gasteiger partial charge in [0.05, 0.1) is 18.2 Å². The summed E-state index contributed by atoms with van der Waals surface area (Å²) in [5, 5.41) is 5.92. The van der Waals surface area contributed by atoms with Gasteiger partial charge in [0, 0.05) is 37.2 Å². The van der Waals surface area contributed by atoms with Gasteiger partial charge in [0.1, 0.15) is 5.82 Å². The number of rotatable bonds is 3. The number of likely N-dealkylation sites (tertiary alicyclic amines) is 1. The van der Waals surface area contributed by atoms with Crippen molar-refractivity contribution in [2.24, 2.45) is 0 Å². The van der Waals surface area contributed by atoms with Crippen LogP contribution in [0.2, 0.25) is 0 Å². The maximum atomic E-state index is 15.0. The first-order valence-electron chi connectivity index (χ1n) is 10.3. The minimum atomic E-state index is -1.58. The molecule has 1 fully saturated rings. The monoisotopic (exact) mass is 443 g/mol. The number of piperidine rings is 1. The molecule has 2 heterocycles. The number of nitrogens with zero attached hydrogens (tertiary/aromatic N) is 1. The van der Waals surface area contributed by atoms with E-state index in [0.717, 1.165) is 18.1 Å². The van der Waals surface area contributed by atoms with E-state index in [1.165, 1.54) is 12.1 Å². The predicted molar refractivity (Wildman–Crippen MR) is 113 cm³/mol. The van der Waals surface area contributed by atoms with Crippen molar-refractivity contribution in [2.45, 2.75) is 37.6 Å². The van der Waals surface area contributed by atoms with Crippen LogP contribution in [0.4, 0.5) is 19.3 Å². The summed E-state index contributed by atoms with van der Waals surface area (Å²) in [5.74, 6) is -1.59. The number of carbonyl (C=O) groups excluding carboxylic acids is 3. The number of hydrogen-bond acceptors (Lipinski definition) is 5. The average molecular weight is 443 g/mol. The molecule has 0 saturated carbocycles. The average Bonchev–Trinajstić information content (AvgIpc) is 2.77. The number of nitrogens with one attached hydrogen (secondary N) is 2. The molecule has 0 aliphatic carbocycles. The molecule has 2 N–H and O–H groups in total. The molecule has 32 heavy (non-hydrogen) atoms. The predicted octanol–water partition coefficient (Wildman–Crippen LogP) is 3.65. The van der Waals surface area contributed by atoms with E-state index in [-0.39, 0.29) is 37.3 Å². The fourth-order valence-electron chi connectivity index (χ4n) is 4.31. The number of para-hydroxylation sites is 1. The van der Waals surface area contributed by atoms with E-state index in [9.17, 15) is 18.8 Å². The first-order chi connectivity index (χ1) is 15.3. The molecular weight excluding hydrogens is 420 g/mol. The smallest absolute Gasteiger partial charge is 0.340 e. The molecule has 1 saturated heterocycles. The molecule has 1 spiro atoms. The second kappa shape index (κ2) is 8.57. The summed E-state index contributed by atoms with van der Waals surface area (Å²) in [6, 6.07) is 10.4. The van der Waals surface area contributed by atoms with Crippen LogP contribution in [0, 0.1) is 5.82 Å². The molecule has 0 radical (unpaired) electrons. The number of alkyl halides is 1. The molecule has 2 aromatic carbocycles. The topological polar surface area (TPSA) is 87.7 Å². The van der Waals surface area contributed by atoms with Crippen molar-refractivity contribution in [3.8, 4) is 0 Å². The highest BCUT2D eigenvalue weighted by atomic mass is 19.1. The summed E-state index contributed by atoms with van der Waals surface area (Å²) in [4.78, 5) is 37.8. The van der Waals surface area contributed by atoms with Crippen LogP contribution in [0.3, 0.4) is 0 Å². The van der Waals surface area contributed by atoms with Crippen molar-refractivity contribution in [3.63, 3.8) is 0 Å². The molecule has 2 amide bonds. The van der Waals surface area contributed by atoms with Crippen molar-refractivity contribution in [3.05, 3.63) is 65.0 Å². The molecule has 2 unspecified atom stereocenters. The van der Waals surface area contributed by atoms with Gasteiger partial charge in [0.25, 0.3) is 0 Å². The summed E-state index contributed by atoms with van der Waals surface area (Å²) < 4.78 is 33.3. The number of carbonyl (C=O) groups is 3. The zero-order valence-electron chi connectivity index (χ0n) is 17.5.